The first-order valence-corrected chi connectivity index (χ1v) is 14.0. The van der Waals surface area contributed by atoms with Gasteiger partial charge in [-0.25, -0.2) is 0 Å². The van der Waals surface area contributed by atoms with Crippen LogP contribution in [0, 0.1) is 17.3 Å². The predicted molar refractivity (Wildman–Crippen MR) is 133 cm³/mol. The summed E-state index contributed by atoms with van der Waals surface area (Å²) in [5, 5.41) is 0. The van der Waals surface area contributed by atoms with Crippen LogP contribution in [0.1, 0.15) is 83.3 Å². The monoisotopic (exact) mass is 604 g/mol. The standard InChI is InChI=1S/C29H37F9O3/c1-24(2,3)41-18-7-9-19-17(16-18)6-8-21-20(19)12-13-25(4)22(21)10-11-23(25)39-14-5-15-40-26(27(30,31)32,28(33,34)35)29(36,37)38/h7,9,16,20-23H,5-6,8,10-15H2,1-4H3. The average molecular weight is 605 g/mol. The highest BCUT2D eigenvalue weighted by Crippen LogP contribution is 2.62. The molecule has 2 saturated carbocycles. The zero-order chi connectivity index (χ0) is 30.6. The molecule has 5 atom stereocenters. The first kappa shape index (κ1) is 32.2. The molecule has 0 heterocycles. The molecule has 41 heavy (non-hydrogen) atoms. The number of alkyl halides is 9. The minimum atomic E-state index is -6.73. The van der Waals surface area contributed by atoms with Gasteiger partial charge in [-0.15, -0.1) is 0 Å². The summed E-state index contributed by atoms with van der Waals surface area (Å²) < 4.78 is 133. The molecule has 0 spiro atoms. The number of fused-ring (bicyclic) bond motifs is 5. The van der Waals surface area contributed by atoms with Crippen molar-refractivity contribution in [1.29, 1.82) is 0 Å². The van der Waals surface area contributed by atoms with E-state index >= 15 is 0 Å². The van der Waals surface area contributed by atoms with E-state index in [4.69, 9.17) is 9.47 Å². The Morgan fingerprint density at radius 3 is 2.05 bits per heavy atom. The lowest BCUT2D eigenvalue weighted by atomic mass is 9.55. The van der Waals surface area contributed by atoms with Crippen molar-refractivity contribution in [3.8, 4) is 5.75 Å². The molecule has 0 aromatic heterocycles. The molecule has 0 radical (unpaired) electrons. The highest BCUT2D eigenvalue weighted by Gasteiger charge is 2.85. The van der Waals surface area contributed by atoms with Crippen molar-refractivity contribution in [2.75, 3.05) is 13.2 Å². The summed E-state index contributed by atoms with van der Waals surface area (Å²) in [7, 11) is 0. The Morgan fingerprint density at radius 2 is 1.46 bits per heavy atom. The van der Waals surface area contributed by atoms with Gasteiger partial charge in [0.05, 0.1) is 12.7 Å². The van der Waals surface area contributed by atoms with Crippen molar-refractivity contribution >= 4 is 0 Å². The Morgan fingerprint density at radius 1 is 0.829 bits per heavy atom. The predicted octanol–water partition coefficient (Wildman–Crippen LogP) is 8.94. The van der Waals surface area contributed by atoms with Gasteiger partial charge >= 0.3 is 24.1 Å². The minimum Gasteiger partial charge on any atom is -0.488 e. The Hall–Kier alpha value is -1.69. The van der Waals surface area contributed by atoms with Crippen LogP contribution in [-0.4, -0.2) is 49.0 Å². The molecular weight excluding hydrogens is 567 g/mol. The maximum atomic E-state index is 13.1. The number of rotatable bonds is 7. The highest BCUT2D eigenvalue weighted by atomic mass is 19.4. The molecule has 1 aromatic rings. The molecule has 3 aliphatic carbocycles. The molecule has 234 valence electrons. The molecule has 1 aromatic carbocycles. The van der Waals surface area contributed by atoms with Crippen molar-refractivity contribution in [2.45, 2.75) is 114 Å². The number of halogens is 9. The molecule has 2 fully saturated rings. The highest BCUT2D eigenvalue weighted by molar-refractivity contribution is 5.41. The summed E-state index contributed by atoms with van der Waals surface area (Å²) in [6.07, 6.45) is -15.8. The van der Waals surface area contributed by atoms with E-state index in [0.717, 1.165) is 37.9 Å². The molecule has 0 amide bonds. The van der Waals surface area contributed by atoms with Crippen LogP contribution in [0.25, 0.3) is 0 Å². The molecule has 0 N–H and O–H groups in total. The second-order valence-corrected chi connectivity index (χ2v) is 12.8. The van der Waals surface area contributed by atoms with E-state index in [2.05, 4.69) is 23.8 Å². The van der Waals surface area contributed by atoms with E-state index in [9.17, 15) is 39.5 Å². The van der Waals surface area contributed by atoms with Crippen molar-refractivity contribution in [3.05, 3.63) is 29.3 Å². The van der Waals surface area contributed by atoms with Gasteiger partial charge in [-0.2, -0.15) is 39.5 Å². The smallest absolute Gasteiger partial charge is 0.435 e. The van der Waals surface area contributed by atoms with Crippen LogP contribution in [0.3, 0.4) is 0 Å². The fourth-order valence-electron chi connectivity index (χ4n) is 7.44. The average Bonchev–Trinajstić information content (AvgIpc) is 3.13. The normalized spacial score (nSPS) is 29.1. The number of hydrogen-bond donors (Lipinski definition) is 0. The van der Waals surface area contributed by atoms with E-state index in [1.54, 1.807) is 0 Å². The minimum absolute atomic E-state index is 0.234. The molecule has 0 aliphatic heterocycles. The third-order valence-electron chi connectivity index (χ3n) is 9.16. The Labute approximate surface area is 234 Å². The van der Waals surface area contributed by atoms with Crippen LogP contribution in [-0.2, 0) is 15.9 Å². The first-order valence-electron chi connectivity index (χ1n) is 14.0. The third-order valence-corrected chi connectivity index (χ3v) is 9.16. The zero-order valence-electron chi connectivity index (χ0n) is 23.5. The van der Waals surface area contributed by atoms with Crippen LogP contribution in [0.15, 0.2) is 18.2 Å². The van der Waals surface area contributed by atoms with E-state index in [-0.39, 0.29) is 23.7 Å². The van der Waals surface area contributed by atoms with Gasteiger partial charge in [0.1, 0.15) is 11.4 Å². The molecule has 0 saturated heterocycles. The lowest BCUT2D eigenvalue weighted by molar-refractivity contribution is -0.457. The topological polar surface area (TPSA) is 27.7 Å². The van der Waals surface area contributed by atoms with E-state index in [1.807, 2.05) is 26.8 Å². The summed E-state index contributed by atoms with van der Waals surface area (Å²) in [5.41, 5.74) is -4.17. The molecule has 4 rings (SSSR count). The summed E-state index contributed by atoms with van der Waals surface area (Å²) >= 11 is 0. The maximum Gasteiger partial charge on any atom is 0.435 e. The maximum absolute atomic E-state index is 13.1. The fourth-order valence-corrected chi connectivity index (χ4v) is 7.44. The van der Waals surface area contributed by atoms with Gasteiger partial charge in [-0.1, -0.05) is 13.0 Å². The Balaban J connectivity index is 1.37. The third kappa shape index (κ3) is 5.93. The van der Waals surface area contributed by atoms with Gasteiger partial charge in [0.2, 0.25) is 0 Å². The van der Waals surface area contributed by atoms with E-state index in [1.165, 1.54) is 11.1 Å². The lowest BCUT2D eigenvalue weighted by Crippen LogP contribution is -2.67. The molecule has 12 heteroatoms. The van der Waals surface area contributed by atoms with Crippen molar-refractivity contribution < 1.29 is 53.7 Å². The van der Waals surface area contributed by atoms with Crippen LogP contribution in [0.2, 0.25) is 0 Å². The molecule has 0 bridgehead atoms. The van der Waals surface area contributed by atoms with Crippen LogP contribution in [0.4, 0.5) is 39.5 Å². The lowest BCUT2D eigenvalue weighted by Gasteiger charge is -2.50. The van der Waals surface area contributed by atoms with Crippen LogP contribution in [0.5, 0.6) is 5.75 Å². The largest absolute Gasteiger partial charge is 0.488 e. The zero-order valence-corrected chi connectivity index (χ0v) is 23.5. The fraction of sp³-hybridized carbons (Fsp3) is 0.793. The van der Waals surface area contributed by atoms with Gasteiger partial charge in [-0.3, -0.25) is 0 Å². The van der Waals surface area contributed by atoms with Crippen LogP contribution >= 0.6 is 0 Å². The van der Waals surface area contributed by atoms with Crippen molar-refractivity contribution in [1.82, 2.24) is 0 Å². The summed E-state index contributed by atoms with van der Waals surface area (Å²) in [5.74, 6) is 1.97. The number of aryl methyl sites for hydroxylation is 1. The van der Waals surface area contributed by atoms with Gasteiger partial charge in [0.25, 0.3) is 0 Å². The van der Waals surface area contributed by atoms with Gasteiger partial charge < -0.3 is 14.2 Å². The Kier molecular flexibility index (Phi) is 8.48. The van der Waals surface area contributed by atoms with Gasteiger partial charge in [0, 0.05) is 6.61 Å². The van der Waals surface area contributed by atoms with E-state index < -0.39 is 37.2 Å². The molecule has 3 nitrogen and oxygen atoms in total. The summed E-state index contributed by atoms with van der Waals surface area (Å²) in [4.78, 5) is 0. The number of benzene rings is 1. The van der Waals surface area contributed by atoms with Crippen molar-refractivity contribution in [2.24, 2.45) is 17.3 Å². The summed E-state index contributed by atoms with van der Waals surface area (Å²) in [6, 6.07) is 6.29. The second-order valence-electron chi connectivity index (χ2n) is 12.8. The number of ether oxygens (including phenoxy) is 3. The van der Waals surface area contributed by atoms with Gasteiger partial charge in [-0.05, 0) is 112 Å². The first-order chi connectivity index (χ1) is 18.7. The number of hydrogen-bond acceptors (Lipinski definition) is 3. The molecule has 3 aliphatic rings. The second kappa shape index (κ2) is 10.8. The van der Waals surface area contributed by atoms with Crippen LogP contribution < -0.4 is 4.74 Å². The molecular formula is C29H37F9O3. The van der Waals surface area contributed by atoms with Gasteiger partial charge in [0.15, 0.2) is 0 Å². The Bertz CT molecular complexity index is 1040. The molecule has 5 unspecified atom stereocenters. The van der Waals surface area contributed by atoms with E-state index in [0.29, 0.717) is 24.2 Å². The SMILES string of the molecule is CC(C)(C)Oc1ccc2c(c1)CCC1C2CCC2(C)C(OCCCOC(C(F)(F)F)(C(F)(F)F)C(F)(F)F)CCC12. The van der Waals surface area contributed by atoms with Crippen molar-refractivity contribution in [3.63, 3.8) is 0 Å². The summed E-state index contributed by atoms with van der Waals surface area (Å²) in [6.45, 7) is 6.39. The quantitative estimate of drug-likeness (QED) is 0.230.